The van der Waals surface area contributed by atoms with Crippen molar-refractivity contribution in [1.29, 1.82) is 0 Å². The van der Waals surface area contributed by atoms with Crippen LogP contribution in [0.15, 0.2) is 58.4 Å². The first-order valence-electron chi connectivity index (χ1n) is 9.76. The average Bonchev–Trinajstić information content (AvgIpc) is 2.98. The van der Waals surface area contributed by atoms with Crippen molar-refractivity contribution in [3.05, 3.63) is 64.6 Å². The lowest BCUT2D eigenvalue weighted by Gasteiger charge is -2.20. The van der Waals surface area contributed by atoms with E-state index in [0.29, 0.717) is 10.1 Å². The number of amides is 1. The number of aliphatic imine (C=N–C) groups is 1. The van der Waals surface area contributed by atoms with Gasteiger partial charge in [0.05, 0.1) is 10.6 Å². The maximum Gasteiger partial charge on any atom is 0.266 e. The van der Waals surface area contributed by atoms with Crippen molar-refractivity contribution in [3.63, 3.8) is 0 Å². The molecule has 1 saturated heterocycles. The van der Waals surface area contributed by atoms with Gasteiger partial charge in [-0.3, -0.25) is 9.69 Å². The number of amidine groups is 1. The summed E-state index contributed by atoms with van der Waals surface area (Å²) >= 11 is 1.42. The van der Waals surface area contributed by atoms with Gasteiger partial charge in [-0.25, -0.2) is 4.99 Å². The SMILES string of the molecule is CCc1ccc(N=C2S/C(=C/c3ccc(N(CC)CC)cc3)C(=O)N2C)cc1. The quantitative estimate of drug-likeness (QED) is 0.623. The molecule has 3 rings (SSSR count). The van der Waals surface area contributed by atoms with Crippen LogP contribution in [0.4, 0.5) is 11.4 Å². The Morgan fingerprint density at radius 1 is 1.00 bits per heavy atom. The lowest BCUT2D eigenvalue weighted by Crippen LogP contribution is -2.23. The third-order valence-electron chi connectivity index (χ3n) is 4.89. The summed E-state index contributed by atoms with van der Waals surface area (Å²) in [6, 6.07) is 16.5. The van der Waals surface area contributed by atoms with Crippen molar-refractivity contribution in [2.45, 2.75) is 27.2 Å². The van der Waals surface area contributed by atoms with Crippen LogP contribution in [0, 0.1) is 0 Å². The Balaban J connectivity index is 1.79. The van der Waals surface area contributed by atoms with E-state index in [0.717, 1.165) is 30.8 Å². The van der Waals surface area contributed by atoms with Gasteiger partial charge in [0.1, 0.15) is 0 Å². The van der Waals surface area contributed by atoms with Gasteiger partial charge in [-0.2, -0.15) is 0 Å². The minimum atomic E-state index is -0.0123. The van der Waals surface area contributed by atoms with Gasteiger partial charge in [0, 0.05) is 25.8 Å². The smallest absolute Gasteiger partial charge is 0.266 e. The summed E-state index contributed by atoms with van der Waals surface area (Å²) in [4.78, 5) is 21.9. The van der Waals surface area contributed by atoms with Crippen molar-refractivity contribution >= 4 is 40.3 Å². The maximum atomic E-state index is 12.6. The molecular weight excluding hydrogens is 366 g/mol. The Bertz CT molecular complexity index is 881. The van der Waals surface area contributed by atoms with Crippen molar-refractivity contribution in [3.8, 4) is 0 Å². The van der Waals surface area contributed by atoms with Crippen LogP contribution in [0.25, 0.3) is 6.08 Å². The number of hydrogen-bond acceptors (Lipinski definition) is 4. The summed E-state index contributed by atoms with van der Waals surface area (Å²) in [5.74, 6) is -0.0123. The molecule has 28 heavy (non-hydrogen) atoms. The van der Waals surface area contributed by atoms with E-state index in [2.05, 4.69) is 67.1 Å². The number of aryl methyl sites for hydroxylation is 1. The molecule has 2 aromatic carbocycles. The Kier molecular flexibility index (Phi) is 6.57. The van der Waals surface area contributed by atoms with E-state index in [9.17, 15) is 4.79 Å². The Hall–Kier alpha value is -2.53. The third-order valence-corrected chi connectivity index (χ3v) is 5.95. The van der Waals surface area contributed by atoms with E-state index in [4.69, 9.17) is 0 Å². The molecule has 146 valence electrons. The summed E-state index contributed by atoms with van der Waals surface area (Å²) in [5, 5.41) is 0.709. The van der Waals surface area contributed by atoms with E-state index in [1.54, 1.807) is 11.9 Å². The highest BCUT2D eigenvalue weighted by Gasteiger charge is 2.30. The standard InChI is InChI=1S/C23H27N3OS/c1-5-17-8-12-19(13-9-17)24-23-25(4)22(27)21(28-23)16-18-10-14-20(15-11-18)26(6-2)7-3/h8-16H,5-7H2,1-4H3/b21-16+,24-23?. The summed E-state index contributed by atoms with van der Waals surface area (Å²) in [6.07, 6.45) is 2.95. The summed E-state index contributed by atoms with van der Waals surface area (Å²) in [7, 11) is 1.78. The molecule has 0 spiro atoms. The molecule has 0 unspecified atom stereocenters. The Labute approximate surface area is 172 Å². The zero-order valence-electron chi connectivity index (χ0n) is 17.0. The molecule has 0 radical (unpaired) electrons. The van der Waals surface area contributed by atoms with E-state index >= 15 is 0 Å². The minimum absolute atomic E-state index is 0.0123. The van der Waals surface area contributed by atoms with Crippen LogP contribution in [-0.2, 0) is 11.2 Å². The van der Waals surface area contributed by atoms with Gasteiger partial charge >= 0.3 is 0 Å². The summed E-state index contributed by atoms with van der Waals surface area (Å²) < 4.78 is 0. The molecule has 1 aliphatic rings. The number of rotatable bonds is 6. The average molecular weight is 394 g/mol. The number of hydrogen-bond donors (Lipinski definition) is 0. The number of benzene rings is 2. The van der Waals surface area contributed by atoms with Gasteiger partial charge < -0.3 is 4.90 Å². The van der Waals surface area contributed by atoms with Crippen LogP contribution in [0.5, 0.6) is 0 Å². The fraction of sp³-hybridized carbons (Fsp3) is 0.304. The lowest BCUT2D eigenvalue weighted by molar-refractivity contribution is -0.121. The number of nitrogens with zero attached hydrogens (tertiary/aromatic N) is 3. The highest BCUT2D eigenvalue weighted by Crippen LogP contribution is 2.33. The number of thioether (sulfide) groups is 1. The Morgan fingerprint density at radius 2 is 1.64 bits per heavy atom. The van der Waals surface area contributed by atoms with Crippen molar-refractivity contribution < 1.29 is 4.79 Å². The fourth-order valence-electron chi connectivity index (χ4n) is 3.09. The lowest BCUT2D eigenvalue weighted by atomic mass is 10.1. The highest BCUT2D eigenvalue weighted by atomic mass is 32.2. The van der Waals surface area contributed by atoms with Gasteiger partial charge in [-0.05, 0) is 73.5 Å². The van der Waals surface area contributed by atoms with E-state index in [1.165, 1.54) is 23.0 Å². The zero-order chi connectivity index (χ0) is 20.1. The van der Waals surface area contributed by atoms with E-state index in [-0.39, 0.29) is 5.91 Å². The Morgan fingerprint density at radius 3 is 2.21 bits per heavy atom. The van der Waals surface area contributed by atoms with Gasteiger partial charge in [0.25, 0.3) is 5.91 Å². The summed E-state index contributed by atoms with van der Waals surface area (Å²) in [6.45, 7) is 8.40. The van der Waals surface area contributed by atoms with Crippen LogP contribution in [0.1, 0.15) is 31.9 Å². The van der Waals surface area contributed by atoms with E-state index in [1.807, 2.05) is 18.2 Å². The van der Waals surface area contributed by atoms with Crippen molar-refractivity contribution in [2.24, 2.45) is 4.99 Å². The first-order valence-corrected chi connectivity index (χ1v) is 10.6. The molecule has 1 fully saturated rings. The molecule has 0 aromatic heterocycles. The molecule has 0 atom stereocenters. The van der Waals surface area contributed by atoms with Gasteiger partial charge in [-0.15, -0.1) is 0 Å². The number of anilines is 1. The molecule has 2 aromatic rings. The van der Waals surface area contributed by atoms with Gasteiger partial charge in [-0.1, -0.05) is 31.2 Å². The number of carbonyl (C=O) groups is 1. The van der Waals surface area contributed by atoms with Crippen LogP contribution in [-0.4, -0.2) is 36.1 Å². The predicted octanol–water partition coefficient (Wildman–Crippen LogP) is 5.33. The van der Waals surface area contributed by atoms with Gasteiger partial charge in [0.15, 0.2) is 5.17 Å². The minimum Gasteiger partial charge on any atom is -0.372 e. The molecule has 0 saturated carbocycles. The largest absolute Gasteiger partial charge is 0.372 e. The summed E-state index contributed by atoms with van der Waals surface area (Å²) in [5.41, 5.74) is 4.37. The molecular formula is C23H27N3OS. The zero-order valence-corrected chi connectivity index (χ0v) is 17.8. The topological polar surface area (TPSA) is 35.9 Å². The van der Waals surface area contributed by atoms with E-state index < -0.39 is 0 Å². The third kappa shape index (κ3) is 4.47. The molecule has 1 heterocycles. The molecule has 5 heteroatoms. The number of likely N-dealkylation sites (N-methyl/N-ethyl adjacent to an activating group) is 1. The highest BCUT2D eigenvalue weighted by molar-refractivity contribution is 8.18. The van der Waals surface area contributed by atoms with Crippen LogP contribution < -0.4 is 4.90 Å². The number of carbonyl (C=O) groups excluding carboxylic acids is 1. The van der Waals surface area contributed by atoms with Crippen LogP contribution >= 0.6 is 11.8 Å². The van der Waals surface area contributed by atoms with Gasteiger partial charge in [0.2, 0.25) is 0 Å². The molecule has 0 bridgehead atoms. The van der Waals surface area contributed by atoms with Crippen molar-refractivity contribution in [1.82, 2.24) is 4.90 Å². The molecule has 0 N–H and O–H groups in total. The first kappa shape index (κ1) is 20.2. The second-order valence-electron chi connectivity index (χ2n) is 6.65. The first-order chi connectivity index (χ1) is 13.5. The second-order valence-corrected chi connectivity index (χ2v) is 7.66. The molecule has 1 amide bonds. The second kappa shape index (κ2) is 9.11. The monoisotopic (exact) mass is 393 g/mol. The fourth-order valence-corrected chi connectivity index (χ4v) is 4.08. The van der Waals surface area contributed by atoms with Crippen molar-refractivity contribution in [2.75, 3.05) is 25.0 Å². The molecule has 1 aliphatic heterocycles. The predicted molar refractivity (Wildman–Crippen MR) is 121 cm³/mol. The maximum absolute atomic E-state index is 12.6. The molecule has 4 nitrogen and oxygen atoms in total. The van der Waals surface area contributed by atoms with Crippen LogP contribution in [0.3, 0.4) is 0 Å². The molecule has 0 aliphatic carbocycles. The van der Waals surface area contributed by atoms with Crippen LogP contribution in [0.2, 0.25) is 0 Å². The normalized spacial score (nSPS) is 17.0.